The number of aryl methyl sites for hydroxylation is 1. The van der Waals surface area contributed by atoms with E-state index in [9.17, 15) is 4.79 Å². The Hall–Kier alpha value is -1.33. The van der Waals surface area contributed by atoms with Gasteiger partial charge in [0.25, 0.3) is 0 Å². The van der Waals surface area contributed by atoms with Crippen molar-refractivity contribution in [2.24, 2.45) is 0 Å². The number of benzene rings is 1. The summed E-state index contributed by atoms with van der Waals surface area (Å²) in [4.78, 5) is 15.2. The van der Waals surface area contributed by atoms with Gasteiger partial charge in [0.1, 0.15) is 0 Å². The lowest BCUT2D eigenvalue weighted by Gasteiger charge is -2.00. The quantitative estimate of drug-likeness (QED) is 0.923. The Kier molecular flexibility index (Phi) is 3.73. The van der Waals surface area contributed by atoms with E-state index in [1.165, 1.54) is 0 Å². The number of carbonyl (C=O) groups is 1. The van der Waals surface area contributed by atoms with Crippen LogP contribution in [0.25, 0.3) is 11.5 Å². The number of aromatic nitrogens is 1. The molecule has 94 valence electrons. The van der Waals surface area contributed by atoms with E-state index in [2.05, 4.69) is 20.9 Å². The van der Waals surface area contributed by atoms with Crippen molar-refractivity contribution < 1.29 is 14.3 Å². The summed E-state index contributed by atoms with van der Waals surface area (Å²) in [7, 11) is 0. The lowest BCUT2D eigenvalue weighted by atomic mass is 10.2. The van der Waals surface area contributed by atoms with Gasteiger partial charge in [-0.2, -0.15) is 0 Å². The van der Waals surface area contributed by atoms with E-state index in [1.54, 1.807) is 18.2 Å². The second-order valence-electron chi connectivity index (χ2n) is 3.55. The highest BCUT2D eigenvalue weighted by molar-refractivity contribution is 9.10. The number of aromatic carboxylic acids is 1. The number of hydrogen-bond donors (Lipinski definition) is 1. The fourth-order valence-corrected chi connectivity index (χ4v) is 2.12. The minimum atomic E-state index is -1.13. The first kappa shape index (κ1) is 13.1. The first-order chi connectivity index (χ1) is 8.54. The standard InChI is InChI=1S/C12H9BrClNO3/c1-2-8-10(12(16)17)18-11(15-8)6-4-3-5-7(13)9(6)14/h3-5H,2H2,1H3,(H,16,17). The number of halogens is 2. The molecule has 0 radical (unpaired) electrons. The van der Waals surface area contributed by atoms with Crippen molar-refractivity contribution in [1.29, 1.82) is 0 Å². The number of hydrogen-bond acceptors (Lipinski definition) is 3. The van der Waals surface area contributed by atoms with E-state index in [1.807, 2.05) is 6.92 Å². The molecule has 0 unspecified atom stereocenters. The largest absolute Gasteiger partial charge is 0.475 e. The molecule has 0 spiro atoms. The van der Waals surface area contributed by atoms with Gasteiger partial charge in [-0.1, -0.05) is 24.6 Å². The molecule has 0 amide bonds. The van der Waals surface area contributed by atoms with Gasteiger partial charge in [-0.15, -0.1) is 0 Å². The molecule has 2 aromatic rings. The molecule has 1 N–H and O–H groups in total. The van der Waals surface area contributed by atoms with Gasteiger partial charge >= 0.3 is 5.97 Å². The summed E-state index contributed by atoms with van der Waals surface area (Å²) in [6.07, 6.45) is 0.483. The van der Waals surface area contributed by atoms with Crippen LogP contribution >= 0.6 is 27.5 Å². The number of rotatable bonds is 3. The van der Waals surface area contributed by atoms with E-state index in [4.69, 9.17) is 21.1 Å². The molecule has 6 heteroatoms. The third kappa shape index (κ3) is 2.28. The van der Waals surface area contributed by atoms with E-state index in [-0.39, 0.29) is 11.7 Å². The second-order valence-corrected chi connectivity index (χ2v) is 4.79. The van der Waals surface area contributed by atoms with Crippen molar-refractivity contribution in [2.75, 3.05) is 0 Å². The second kappa shape index (κ2) is 5.12. The summed E-state index contributed by atoms with van der Waals surface area (Å²) in [5.74, 6) is -1.05. The maximum absolute atomic E-state index is 11.0. The van der Waals surface area contributed by atoms with Crippen molar-refractivity contribution in [3.63, 3.8) is 0 Å². The predicted molar refractivity (Wildman–Crippen MR) is 71.0 cm³/mol. The number of nitrogens with zero attached hydrogens (tertiary/aromatic N) is 1. The van der Waals surface area contributed by atoms with Crippen molar-refractivity contribution in [3.05, 3.63) is 39.1 Å². The highest BCUT2D eigenvalue weighted by atomic mass is 79.9. The fourth-order valence-electron chi connectivity index (χ4n) is 1.54. The lowest BCUT2D eigenvalue weighted by Crippen LogP contribution is -1.98. The number of carboxylic acid groups (broad SMARTS) is 1. The predicted octanol–water partition coefficient (Wildman–Crippen LogP) is 4.02. The van der Waals surface area contributed by atoms with Crippen molar-refractivity contribution >= 4 is 33.5 Å². The van der Waals surface area contributed by atoms with Crippen LogP contribution in [-0.2, 0) is 6.42 Å². The third-order valence-corrected chi connectivity index (χ3v) is 3.70. The molecule has 0 aliphatic rings. The van der Waals surface area contributed by atoms with E-state index >= 15 is 0 Å². The van der Waals surface area contributed by atoms with E-state index in [0.717, 1.165) is 0 Å². The summed E-state index contributed by atoms with van der Waals surface area (Å²) in [6.45, 7) is 1.82. The van der Waals surface area contributed by atoms with E-state index < -0.39 is 5.97 Å². The maximum Gasteiger partial charge on any atom is 0.373 e. The summed E-state index contributed by atoms with van der Waals surface area (Å²) in [5.41, 5.74) is 0.974. The van der Waals surface area contributed by atoms with Crippen LogP contribution in [0.3, 0.4) is 0 Å². The smallest absolute Gasteiger partial charge is 0.373 e. The zero-order valence-electron chi connectivity index (χ0n) is 9.41. The molecule has 1 aromatic carbocycles. The Balaban J connectivity index is 2.58. The van der Waals surface area contributed by atoms with Crippen LogP contribution in [0.5, 0.6) is 0 Å². The van der Waals surface area contributed by atoms with Gasteiger partial charge < -0.3 is 9.52 Å². The first-order valence-corrected chi connectivity index (χ1v) is 6.39. The molecule has 1 aromatic heterocycles. The van der Waals surface area contributed by atoms with Gasteiger partial charge in [-0.05, 0) is 34.5 Å². The Morgan fingerprint density at radius 1 is 1.56 bits per heavy atom. The van der Waals surface area contributed by atoms with Gasteiger partial charge in [0, 0.05) is 4.47 Å². The molecule has 0 saturated carbocycles. The van der Waals surface area contributed by atoms with Crippen molar-refractivity contribution in [2.45, 2.75) is 13.3 Å². The third-order valence-electron chi connectivity index (χ3n) is 2.41. The molecule has 1 heterocycles. The molecule has 0 bridgehead atoms. The zero-order chi connectivity index (χ0) is 13.3. The minimum absolute atomic E-state index is 0.136. The lowest BCUT2D eigenvalue weighted by molar-refractivity contribution is 0.0662. The molecule has 0 fully saturated rings. The minimum Gasteiger partial charge on any atom is -0.475 e. The van der Waals surface area contributed by atoms with Gasteiger partial charge in [-0.25, -0.2) is 9.78 Å². The van der Waals surface area contributed by atoms with Crippen LogP contribution < -0.4 is 0 Å². The van der Waals surface area contributed by atoms with Gasteiger partial charge in [0.05, 0.1) is 16.3 Å². The normalized spacial score (nSPS) is 10.6. The Morgan fingerprint density at radius 3 is 2.83 bits per heavy atom. The summed E-state index contributed by atoms with van der Waals surface area (Å²) < 4.78 is 5.98. The zero-order valence-corrected chi connectivity index (χ0v) is 11.7. The molecular weight excluding hydrogens is 321 g/mol. The fraction of sp³-hybridized carbons (Fsp3) is 0.167. The molecule has 0 aliphatic carbocycles. The average molecular weight is 331 g/mol. The van der Waals surface area contributed by atoms with Crippen LogP contribution in [0.2, 0.25) is 5.02 Å². The Bertz CT molecular complexity index is 609. The van der Waals surface area contributed by atoms with Gasteiger partial charge in [0.15, 0.2) is 0 Å². The molecule has 2 rings (SSSR count). The SMILES string of the molecule is CCc1nc(-c2cccc(Br)c2Cl)oc1C(=O)O. The average Bonchev–Trinajstić information content (AvgIpc) is 2.76. The summed E-state index contributed by atoms with van der Waals surface area (Å²) in [6, 6.07) is 5.29. The first-order valence-electron chi connectivity index (χ1n) is 5.22. The van der Waals surface area contributed by atoms with Gasteiger partial charge in [-0.3, -0.25) is 0 Å². The molecule has 0 saturated heterocycles. The highest BCUT2D eigenvalue weighted by Gasteiger charge is 2.20. The molecule has 0 aliphatic heterocycles. The van der Waals surface area contributed by atoms with Gasteiger partial charge in [0.2, 0.25) is 11.7 Å². The van der Waals surface area contributed by atoms with E-state index in [0.29, 0.717) is 27.2 Å². The Morgan fingerprint density at radius 2 is 2.28 bits per heavy atom. The van der Waals surface area contributed by atoms with Crippen LogP contribution in [0.4, 0.5) is 0 Å². The molecule has 0 atom stereocenters. The molecular formula is C12H9BrClNO3. The molecule has 18 heavy (non-hydrogen) atoms. The number of oxazole rings is 1. The van der Waals surface area contributed by atoms with Crippen LogP contribution in [0.15, 0.2) is 27.1 Å². The topological polar surface area (TPSA) is 63.3 Å². The monoisotopic (exact) mass is 329 g/mol. The molecule has 4 nitrogen and oxygen atoms in total. The highest BCUT2D eigenvalue weighted by Crippen LogP contribution is 2.34. The van der Waals surface area contributed by atoms with Crippen molar-refractivity contribution in [1.82, 2.24) is 4.98 Å². The van der Waals surface area contributed by atoms with Crippen LogP contribution in [0, 0.1) is 0 Å². The van der Waals surface area contributed by atoms with Crippen molar-refractivity contribution in [3.8, 4) is 11.5 Å². The summed E-state index contributed by atoms with van der Waals surface area (Å²) in [5, 5.41) is 9.45. The maximum atomic E-state index is 11.0. The summed E-state index contributed by atoms with van der Waals surface area (Å²) >= 11 is 9.41. The number of carboxylic acids is 1. The van der Waals surface area contributed by atoms with Crippen LogP contribution in [-0.4, -0.2) is 16.1 Å². The Labute approximate surface area is 117 Å². The van der Waals surface area contributed by atoms with Crippen LogP contribution in [0.1, 0.15) is 23.2 Å².